The van der Waals surface area contributed by atoms with Gasteiger partial charge in [0.15, 0.2) is 0 Å². The summed E-state index contributed by atoms with van der Waals surface area (Å²) in [6.07, 6.45) is 1.60. The van der Waals surface area contributed by atoms with Gasteiger partial charge in [-0.05, 0) is 70.7 Å². The van der Waals surface area contributed by atoms with Gasteiger partial charge in [-0.1, -0.05) is 13.3 Å². The maximum Gasteiger partial charge on any atom is 0.416 e. The number of hydrogen-bond acceptors (Lipinski definition) is 5. The number of amides is 1. The van der Waals surface area contributed by atoms with E-state index in [0.29, 0.717) is 36.5 Å². The van der Waals surface area contributed by atoms with Gasteiger partial charge in [0.05, 0.1) is 11.1 Å². The molecule has 34 heavy (non-hydrogen) atoms. The summed E-state index contributed by atoms with van der Waals surface area (Å²) in [6, 6.07) is 4.13. The van der Waals surface area contributed by atoms with Crippen LogP contribution in [0.4, 0.5) is 19.0 Å². The highest BCUT2D eigenvalue weighted by Crippen LogP contribution is 2.37. The molecule has 0 radical (unpaired) electrons. The molecule has 2 aliphatic rings. The number of nitrogens with one attached hydrogen (secondary N) is 1. The molecule has 186 valence electrons. The zero-order valence-corrected chi connectivity index (χ0v) is 20.3. The molecule has 1 aliphatic carbocycles. The molecule has 4 rings (SSSR count). The highest BCUT2D eigenvalue weighted by Gasteiger charge is 2.42. The lowest BCUT2D eigenvalue weighted by Crippen LogP contribution is -2.50. The van der Waals surface area contributed by atoms with Crippen molar-refractivity contribution in [3.63, 3.8) is 0 Å². The van der Waals surface area contributed by atoms with Crippen LogP contribution in [0.15, 0.2) is 24.5 Å². The molecule has 2 aromatic rings. The van der Waals surface area contributed by atoms with Crippen molar-refractivity contribution in [1.82, 2.24) is 19.8 Å². The number of alkyl halides is 3. The minimum atomic E-state index is -4.46. The molecule has 2 fully saturated rings. The summed E-state index contributed by atoms with van der Waals surface area (Å²) in [4.78, 5) is 26.1. The maximum absolute atomic E-state index is 13.4. The molecule has 2 heterocycles. The number of likely N-dealkylation sites (tertiary alicyclic amines) is 1. The zero-order chi connectivity index (χ0) is 24.6. The molecule has 1 amide bonds. The molecule has 1 saturated heterocycles. The van der Waals surface area contributed by atoms with Gasteiger partial charge < -0.3 is 15.1 Å². The van der Waals surface area contributed by atoms with Gasteiger partial charge in [0.1, 0.15) is 18.2 Å². The number of fused-ring (bicyclic) bond motifs is 1. The smallest absolute Gasteiger partial charge is 0.358 e. The van der Waals surface area contributed by atoms with Crippen LogP contribution in [0.5, 0.6) is 0 Å². The molecule has 4 atom stereocenters. The van der Waals surface area contributed by atoms with E-state index >= 15 is 0 Å². The van der Waals surface area contributed by atoms with E-state index in [1.807, 2.05) is 4.90 Å². The van der Waals surface area contributed by atoms with Crippen LogP contribution in [0.3, 0.4) is 0 Å². The minimum Gasteiger partial charge on any atom is -0.358 e. The third kappa shape index (κ3) is 4.85. The van der Waals surface area contributed by atoms with E-state index in [2.05, 4.69) is 48.0 Å². The first kappa shape index (κ1) is 24.7. The summed E-state index contributed by atoms with van der Waals surface area (Å²) in [5, 5.41) is 3.41. The highest BCUT2D eigenvalue weighted by atomic mass is 19.4. The number of rotatable bonds is 6. The summed E-state index contributed by atoms with van der Waals surface area (Å²) in [5.74, 6) is 0.723. The summed E-state index contributed by atoms with van der Waals surface area (Å²) in [7, 11) is 2.18. The Balaban J connectivity index is 1.49. The van der Waals surface area contributed by atoms with E-state index in [-0.39, 0.29) is 23.2 Å². The van der Waals surface area contributed by atoms with Crippen LogP contribution >= 0.6 is 0 Å². The predicted octanol–water partition coefficient (Wildman–Crippen LogP) is 4.95. The third-order valence-electron chi connectivity index (χ3n) is 7.74. The molecular weight excluding hydrogens is 443 g/mol. The van der Waals surface area contributed by atoms with Crippen molar-refractivity contribution < 1.29 is 18.0 Å². The zero-order valence-electron chi connectivity index (χ0n) is 20.3. The molecule has 1 unspecified atom stereocenters. The van der Waals surface area contributed by atoms with Crippen LogP contribution < -0.4 is 5.32 Å². The fourth-order valence-electron chi connectivity index (χ4n) is 5.54. The van der Waals surface area contributed by atoms with Crippen LogP contribution in [-0.4, -0.2) is 63.4 Å². The van der Waals surface area contributed by atoms with Crippen LogP contribution in [0.1, 0.15) is 58.4 Å². The standard InChI is InChI=1S/C25H34F3N5O/c1-5-16-12-18(32(4)15(2)3)7-9-22(16)33-11-10-21(24(33)34)31-23-19-13-17(25(26,27)28)6-8-20(19)29-14-30-23/h6,8,13-16,18,21-22H,5,7,9-12H2,1-4H3,(H,29,30,31)/t16-,18-,21?,22+/m1/s1. The SMILES string of the molecule is CC[C@@H]1C[C@H](N(C)C(C)C)CC[C@@H]1N1CCC(Nc2ncnc3ccc(C(F)(F)F)cc23)C1=O. The van der Waals surface area contributed by atoms with Crippen molar-refractivity contribution in [2.24, 2.45) is 5.92 Å². The van der Waals surface area contributed by atoms with E-state index in [0.717, 1.165) is 37.8 Å². The molecular formula is C25H34F3N5O. The molecule has 1 N–H and O–H groups in total. The molecule has 1 aromatic heterocycles. The number of hydrogen-bond donors (Lipinski definition) is 1. The molecule has 1 saturated carbocycles. The lowest BCUT2D eigenvalue weighted by atomic mass is 9.78. The van der Waals surface area contributed by atoms with Gasteiger partial charge in [-0.3, -0.25) is 4.79 Å². The number of aromatic nitrogens is 2. The van der Waals surface area contributed by atoms with Gasteiger partial charge >= 0.3 is 6.18 Å². The average molecular weight is 478 g/mol. The lowest BCUT2D eigenvalue weighted by Gasteiger charge is -2.44. The largest absolute Gasteiger partial charge is 0.416 e. The molecule has 0 bridgehead atoms. The number of carbonyl (C=O) groups excluding carboxylic acids is 1. The third-order valence-corrected chi connectivity index (χ3v) is 7.74. The van der Waals surface area contributed by atoms with Gasteiger partial charge in [-0.2, -0.15) is 13.2 Å². The summed E-state index contributed by atoms with van der Waals surface area (Å²) in [5.41, 5.74) is -0.349. The maximum atomic E-state index is 13.4. The first-order valence-corrected chi connectivity index (χ1v) is 12.2. The molecule has 0 spiro atoms. The average Bonchev–Trinajstić information content (AvgIpc) is 3.17. The first-order valence-electron chi connectivity index (χ1n) is 12.2. The quantitative estimate of drug-likeness (QED) is 0.638. The van der Waals surface area contributed by atoms with Crippen LogP contribution in [-0.2, 0) is 11.0 Å². The summed E-state index contributed by atoms with van der Waals surface area (Å²) < 4.78 is 39.7. The van der Waals surface area contributed by atoms with E-state index in [9.17, 15) is 18.0 Å². The van der Waals surface area contributed by atoms with E-state index in [1.54, 1.807) is 0 Å². The summed E-state index contributed by atoms with van der Waals surface area (Å²) in [6.45, 7) is 7.26. The van der Waals surface area contributed by atoms with E-state index in [1.165, 1.54) is 12.4 Å². The van der Waals surface area contributed by atoms with Crippen molar-refractivity contribution in [2.45, 2.75) is 83.2 Å². The second-order valence-corrected chi connectivity index (χ2v) is 9.93. The van der Waals surface area contributed by atoms with Gasteiger partial charge in [-0.15, -0.1) is 0 Å². The molecule has 6 nitrogen and oxygen atoms in total. The molecule has 9 heteroatoms. The fourth-order valence-corrected chi connectivity index (χ4v) is 5.54. The number of benzene rings is 1. The van der Waals surface area contributed by atoms with Crippen molar-refractivity contribution in [1.29, 1.82) is 0 Å². The van der Waals surface area contributed by atoms with Gasteiger partial charge in [0, 0.05) is 30.1 Å². The van der Waals surface area contributed by atoms with E-state index in [4.69, 9.17) is 0 Å². The Labute approximate surface area is 198 Å². The van der Waals surface area contributed by atoms with Gasteiger partial charge in [0.25, 0.3) is 0 Å². The number of nitrogens with zero attached hydrogens (tertiary/aromatic N) is 4. The second kappa shape index (κ2) is 9.68. The Kier molecular flexibility index (Phi) is 7.03. The monoisotopic (exact) mass is 477 g/mol. The molecule has 1 aromatic carbocycles. The van der Waals surface area contributed by atoms with Gasteiger partial charge in [0.2, 0.25) is 5.91 Å². The van der Waals surface area contributed by atoms with E-state index < -0.39 is 17.8 Å². The van der Waals surface area contributed by atoms with Crippen molar-refractivity contribution in [3.05, 3.63) is 30.1 Å². The van der Waals surface area contributed by atoms with Crippen molar-refractivity contribution >= 4 is 22.6 Å². The topological polar surface area (TPSA) is 61.4 Å². The summed E-state index contributed by atoms with van der Waals surface area (Å²) >= 11 is 0. The molecule has 1 aliphatic heterocycles. The van der Waals surface area contributed by atoms with Crippen LogP contribution in [0.25, 0.3) is 10.9 Å². The lowest BCUT2D eigenvalue weighted by molar-refractivity contribution is -0.137. The minimum absolute atomic E-state index is 0.0119. The number of carbonyl (C=O) groups is 1. The predicted molar refractivity (Wildman–Crippen MR) is 126 cm³/mol. The van der Waals surface area contributed by atoms with Crippen molar-refractivity contribution in [2.75, 3.05) is 18.9 Å². The number of anilines is 1. The Morgan fingerprint density at radius 2 is 1.97 bits per heavy atom. The Hall–Kier alpha value is -2.42. The van der Waals surface area contributed by atoms with Crippen LogP contribution in [0.2, 0.25) is 0 Å². The van der Waals surface area contributed by atoms with Gasteiger partial charge in [-0.25, -0.2) is 9.97 Å². The Morgan fingerprint density at radius 3 is 2.65 bits per heavy atom. The number of halogens is 3. The fraction of sp³-hybridized carbons (Fsp3) is 0.640. The van der Waals surface area contributed by atoms with Crippen molar-refractivity contribution in [3.8, 4) is 0 Å². The first-order chi connectivity index (χ1) is 16.1. The normalized spacial score (nSPS) is 26.1. The highest BCUT2D eigenvalue weighted by molar-refractivity contribution is 5.93. The van der Waals surface area contributed by atoms with Crippen LogP contribution in [0, 0.1) is 5.92 Å². The second-order valence-electron chi connectivity index (χ2n) is 9.93. The Morgan fingerprint density at radius 1 is 1.21 bits per heavy atom. The Bertz CT molecular complexity index is 1030.